The Balaban J connectivity index is 2.51. The Bertz CT molecular complexity index is 265. The molecule has 0 spiro atoms. The Labute approximate surface area is 88.7 Å². The van der Waals surface area contributed by atoms with Crippen LogP contribution in [0.3, 0.4) is 0 Å². The fourth-order valence-electron chi connectivity index (χ4n) is 1.32. The molecule has 0 bridgehead atoms. The van der Waals surface area contributed by atoms with Crippen molar-refractivity contribution in [2.45, 2.75) is 38.7 Å². The first-order chi connectivity index (χ1) is 7.24. The largest absolute Gasteiger partial charge is 0.362 e. The summed E-state index contributed by atoms with van der Waals surface area (Å²) in [4.78, 5) is 3.96. The van der Waals surface area contributed by atoms with E-state index in [-0.39, 0.29) is 0 Å². The van der Waals surface area contributed by atoms with Crippen LogP contribution in [0.25, 0.3) is 0 Å². The molecule has 1 aromatic heterocycles. The van der Waals surface area contributed by atoms with Crippen molar-refractivity contribution >= 4 is 5.82 Å². The van der Waals surface area contributed by atoms with Gasteiger partial charge in [0.2, 0.25) is 0 Å². The smallest absolute Gasteiger partial charge is 0.258 e. The van der Waals surface area contributed by atoms with Gasteiger partial charge in [-0.05, 0) is 18.6 Å². The van der Waals surface area contributed by atoms with Gasteiger partial charge in [-0.3, -0.25) is 0 Å². The van der Waals surface area contributed by atoms with Crippen LogP contribution in [-0.2, 0) is 0 Å². The van der Waals surface area contributed by atoms with Crippen molar-refractivity contribution in [2.75, 3.05) is 5.32 Å². The van der Waals surface area contributed by atoms with E-state index in [1.807, 2.05) is 6.92 Å². The molecule has 0 aromatic carbocycles. The van der Waals surface area contributed by atoms with Gasteiger partial charge in [0.05, 0.1) is 6.04 Å². The molecule has 0 radical (unpaired) electrons. The number of nitrogens with one attached hydrogen (secondary N) is 1. The number of alkyl halides is 2. The first-order valence-electron chi connectivity index (χ1n) is 5.19. The number of hydrogen-bond donors (Lipinski definition) is 1. The van der Waals surface area contributed by atoms with Crippen LogP contribution in [-0.4, -0.2) is 17.5 Å². The Morgan fingerprint density at radius 2 is 2.20 bits per heavy atom. The fourth-order valence-corrected chi connectivity index (χ4v) is 1.32. The lowest BCUT2D eigenvalue weighted by molar-refractivity contribution is 0.119. The van der Waals surface area contributed by atoms with E-state index >= 15 is 0 Å². The van der Waals surface area contributed by atoms with Crippen molar-refractivity contribution in [2.24, 2.45) is 0 Å². The van der Waals surface area contributed by atoms with E-state index in [9.17, 15) is 8.78 Å². The molecule has 2 nitrogen and oxygen atoms in total. The van der Waals surface area contributed by atoms with E-state index in [1.54, 1.807) is 24.4 Å². The van der Waals surface area contributed by atoms with Crippen molar-refractivity contribution in [3.8, 4) is 0 Å². The van der Waals surface area contributed by atoms with Crippen LogP contribution < -0.4 is 5.32 Å². The molecule has 4 heteroatoms. The lowest BCUT2D eigenvalue weighted by atomic mass is 10.1. The molecule has 15 heavy (non-hydrogen) atoms. The SMILES string of the molecule is CCCCC(Nc1ccccn1)C(F)F. The summed E-state index contributed by atoms with van der Waals surface area (Å²) in [5, 5.41) is 2.75. The highest BCUT2D eigenvalue weighted by Crippen LogP contribution is 2.14. The lowest BCUT2D eigenvalue weighted by Crippen LogP contribution is -2.28. The van der Waals surface area contributed by atoms with Crippen molar-refractivity contribution in [3.05, 3.63) is 24.4 Å². The number of unbranched alkanes of at least 4 members (excludes halogenated alkanes) is 1. The molecule has 1 heterocycles. The molecule has 1 N–H and O–H groups in total. The number of hydrogen-bond acceptors (Lipinski definition) is 2. The summed E-state index contributed by atoms with van der Waals surface area (Å²) in [6.07, 6.45) is 1.44. The molecule has 0 aliphatic rings. The molecule has 1 rings (SSSR count). The molecule has 0 amide bonds. The number of anilines is 1. The first-order valence-corrected chi connectivity index (χ1v) is 5.19. The molecule has 0 aliphatic heterocycles. The van der Waals surface area contributed by atoms with Crippen LogP contribution >= 0.6 is 0 Å². The predicted octanol–water partition coefficient (Wildman–Crippen LogP) is 3.32. The van der Waals surface area contributed by atoms with Crippen LogP contribution in [0.2, 0.25) is 0 Å². The first kappa shape index (κ1) is 11.9. The van der Waals surface area contributed by atoms with Crippen molar-refractivity contribution in [3.63, 3.8) is 0 Å². The van der Waals surface area contributed by atoms with Gasteiger partial charge in [0.25, 0.3) is 6.43 Å². The molecule has 84 valence electrons. The molecule has 1 atom stereocenters. The maximum atomic E-state index is 12.6. The van der Waals surface area contributed by atoms with E-state index < -0.39 is 12.5 Å². The minimum absolute atomic E-state index is 0.477. The second-order valence-corrected chi connectivity index (χ2v) is 3.44. The second kappa shape index (κ2) is 6.32. The van der Waals surface area contributed by atoms with Gasteiger partial charge in [0, 0.05) is 6.20 Å². The summed E-state index contributed by atoms with van der Waals surface area (Å²) in [5.74, 6) is 0.513. The van der Waals surface area contributed by atoms with Crippen molar-refractivity contribution in [1.29, 1.82) is 0 Å². The van der Waals surface area contributed by atoms with Gasteiger partial charge < -0.3 is 5.32 Å². The van der Waals surface area contributed by atoms with E-state index in [4.69, 9.17) is 0 Å². The van der Waals surface area contributed by atoms with Gasteiger partial charge in [0.1, 0.15) is 5.82 Å². The van der Waals surface area contributed by atoms with E-state index in [1.165, 1.54) is 0 Å². The Morgan fingerprint density at radius 3 is 2.73 bits per heavy atom. The highest BCUT2D eigenvalue weighted by Gasteiger charge is 2.19. The molecule has 0 saturated carbocycles. The maximum Gasteiger partial charge on any atom is 0.258 e. The molecular formula is C11H16F2N2. The monoisotopic (exact) mass is 214 g/mol. The van der Waals surface area contributed by atoms with Gasteiger partial charge in [-0.1, -0.05) is 25.8 Å². The summed E-state index contributed by atoms with van der Waals surface area (Å²) in [5.41, 5.74) is 0. The number of pyridine rings is 1. The van der Waals surface area contributed by atoms with Crippen molar-refractivity contribution in [1.82, 2.24) is 4.98 Å². The van der Waals surface area contributed by atoms with E-state index in [0.717, 1.165) is 12.8 Å². The third-order valence-electron chi connectivity index (χ3n) is 2.17. The van der Waals surface area contributed by atoms with Crippen LogP contribution in [0.15, 0.2) is 24.4 Å². The minimum Gasteiger partial charge on any atom is -0.362 e. The maximum absolute atomic E-state index is 12.6. The van der Waals surface area contributed by atoms with Crippen LogP contribution in [0.1, 0.15) is 26.2 Å². The van der Waals surface area contributed by atoms with E-state index in [0.29, 0.717) is 12.2 Å². The van der Waals surface area contributed by atoms with Crippen LogP contribution in [0, 0.1) is 0 Å². The minimum atomic E-state index is -2.35. The zero-order chi connectivity index (χ0) is 11.1. The average Bonchev–Trinajstić information content (AvgIpc) is 2.25. The van der Waals surface area contributed by atoms with Crippen LogP contribution in [0.5, 0.6) is 0 Å². The normalized spacial score (nSPS) is 12.8. The van der Waals surface area contributed by atoms with Gasteiger partial charge in [0.15, 0.2) is 0 Å². The fraction of sp³-hybridized carbons (Fsp3) is 0.545. The van der Waals surface area contributed by atoms with E-state index in [2.05, 4.69) is 10.3 Å². The summed E-state index contributed by atoms with van der Waals surface area (Å²) in [6, 6.07) is 4.44. The summed E-state index contributed by atoms with van der Waals surface area (Å²) in [6.45, 7) is 1.99. The van der Waals surface area contributed by atoms with Gasteiger partial charge in [-0.25, -0.2) is 13.8 Å². The number of nitrogens with zero attached hydrogens (tertiary/aromatic N) is 1. The predicted molar refractivity (Wildman–Crippen MR) is 57.2 cm³/mol. The Hall–Kier alpha value is -1.19. The number of rotatable bonds is 6. The number of aromatic nitrogens is 1. The highest BCUT2D eigenvalue weighted by molar-refractivity contribution is 5.34. The average molecular weight is 214 g/mol. The molecule has 1 unspecified atom stereocenters. The molecule has 0 saturated heterocycles. The third kappa shape index (κ3) is 4.23. The van der Waals surface area contributed by atoms with Crippen LogP contribution in [0.4, 0.5) is 14.6 Å². The molecule has 0 aliphatic carbocycles. The standard InChI is InChI=1S/C11H16F2N2/c1-2-3-6-9(11(12)13)15-10-7-4-5-8-14-10/h4-5,7-9,11H,2-3,6H2,1H3,(H,14,15). The topological polar surface area (TPSA) is 24.9 Å². The Kier molecular flexibility index (Phi) is 5.01. The number of halogens is 2. The molecule has 0 fully saturated rings. The molecular weight excluding hydrogens is 198 g/mol. The summed E-state index contributed by atoms with van der Waals surface area (Å²) in [7, 11) is 0. The van der Waals surface area contributed by atoms with Gasteiger partial charge >= 0.3 is 0 Å². The highest BCUT2D eigenvalue weighted by atomic mass is 19.3. The summed E-state index contributed by atoms with van der Waals surface area (Å²) >= 11 is 0. The Morgan fingerprint density at radius 1 is 1.40 bits per heavy atom. The zero-order valence-electron chi connectivity index (χ0n) is 8.79. The van der Waals surface area contributed by atoms with Crippen molar-refractivity contribution < 1.29 is 8.78 Å². The zero-order valence-corrected chi connectivity index (χ0v) is 8.79. The molecule has 1 aromatic rings. The quantitative estimate of drug-likeness (QED) is 0.785. The van der Waals surface area contributed by atoms with Gasteiger partial charge in [-0.2, -0.15) is 0 Å². The van der Waals surface area contributed by atoms with Gasteiger partial charge in [-0.15, -0.1) is 0 Å². The third-order valence-corrected chi connectivity index (χ3v) is 2.17. The lowest BCUT2D eigenvalue weighted by Gasteiger charge is -2.17. The second-order valence-electron chi connectivity index (χ2n) is 3.44. The summed E-state index contributed by atoms with van der Waals surface area (Å²) < 4.78 is 25.2.